The number of nitriles is 4. The molecule has 0 amide bonds. The lowest BCUT2D eigenvalue weighted by atomic mass is 10.1. The maximum Gasteiger partial charge on any atom is 0.330 e. The summed E-state index contributed by atoms with van der Waals surface area (Å²) in [6, 6.07) is 8.10. The van der Waals surface area contributed by atoms with E-state index in [-0.39, 0.29) is 58.3 Å². The second-order valence-electron chi connectivity index (χ2n) is 13.5. The van der Waals surface area contributed by atoms with Crippen LogP contribution in [-0.4, -0.2) is 68.5 Å². The zero-order valence-corrected chi connectivity index (χ0v) is 35.8. The molecule has 316 valence electrons. The number of sulfonamides is 4. The minimum absolute atomic E-state index is 0.00915. The van der Waals surface area contributed by atoms with Crippen molar-refractivity contribution in [1.29, 1.82) is 21.0 Å². The number of nitrogens with one attached hydrogen (secondary N) is 4. The second-order valence-corrected chi connectivity index (χ2v) is 22.1. The molecule has 0 fully saturated rings. The van der Waals surface area contributed by atoms with Crippen LogP contribution in [0.15, 0.2) is 0 Å². The highest BCUT2D eigenvalue weighted by Gasteiger charge is 2.72. The topological polar surface area (TPSA) is 280 Å². The predicted molar refractivity (Wildman–Crippen MR) is 213 cm³/mol. The van der Waals surface area contributed by atoms with Crippen LogP contribution in [0.4, 0.5) is 0 Å². The first-order chi connectivity index (χ1) is 26.2. The SMILES string of the molecule is CCCCCC(C(S(=O)(=O)NCCCCCCC#N)(S(=O)(=O)NCCCCCCC#N)S(=O)(=O)NCCCCCCC#N)S(=O)(=O)NCCCCCCC#N. The van der Waals surface area contributed by atoms with Crippen LogP contribution in [0.3, 0.4) is 0 Å². The second kappa shape index (κ2) is 29.8. The molecule has 0 aromatic carbocycles. The fourth-order valence-electron chi connectivity index (χ4n) is 6.02. The summed E-state index contributed by atoms with van der Waals surface area (Å²) >= 11 is 0. The lowest BCUT2D eigenvalue weighted by Gasteiger charge is -2.38. The third kappa shape index (κ3) is 19.1. The normalized spacial score (nSPS) is 13.0. The standard InChI is InChI=1S/C35H64N8O8S4/c1-2-3-16-25-34(52(44,45)40-30-21-12-4-8-17-26-36)35(53(46,47)41-31-22-13-5-9-18-27-37,54(48,49)42-32-23-14-6-10-19-28-38)55(50,51)43-33-24-15-7-11-20-29-39/h34,40-43H,2-25,30-33H2,1H3. The molecule has 20 heteroatoms. The van der Waals surface area contributed by atoms with Crippen molar-refractivity contribution >= 4 is 40.1 Å². The van der Waals surface area contributed by atoms with Crippen LogP contribution in [-0.2, 0) is 40.1 Å². The monoisotopic (exact) mass is 852 g/mol. The molecule has 1 unspecified atom stereocenters. The molecule has 0 saturated carbocycles. The molecular formula is C35H64N8O8S4. The van der Waals surface area contributed by atoms with Crippen LogP contribution >= 0.6 is 0 Å². The largest absolute Gasteiger partial charge is 0.330 e. The van der Waals surface area contributed by atoms with E-state index in [1.54, 1.807) is 6.92 Å². The van der Waals surface area contributed by atoms with Gasteiger partial charge in [0.05, 0.1) is 24.3 Å². The summed E-state index contributed by atoms with van der Waals surface area (Å²) in [5.41, 5.74) is 0. The Morgan fingerprint density at radius 2 is 0.709 bits per heavy atom. The van der Waals surface area contributed by atoms with Crippen LogP contribution < -0.4 is 18.9 Å². The van der Waals surface area contributed by atoms with Crippen LogP contribution in [0.25, 0.3) is 0 Å². The van der Waals surface area contributed by atoms with E-state index >= 15 is 0 Å². The Morgan fingerprint density at radius 1 is 0.418 bits per heavy atom. The smallest absolute Gasteiger partial charge is 0.215 e. The first-order valence-electron chi connectivity index (χ1n) is 19.6. The molecule has 0 heterocycles. The van der Waals surface area contributed by atoms with E-state index in [1.807, 2.05) is 24.3 Å². The Labute approximate surface area is 332 Å². The zero-order valence-electron chi connectivity index (χ0n) is 32.6. The maximum atomic E-state index is 14.7. The van der Waals surface area contributed by atoms with Crippen molar-refractivity contribution in [1.82, 2.24) is 18.9 Å². The number of hydrogen-bond acceptors (Lipinski definition) is 12. The van der Waals surface area contributed by atoms with E-state index in [9.17, 15) is 33.7 Å². The highest BCUT2D eigenvalue weighted by Crippen LogP contribution is 2.40. The van der Waals surface area contributed by atoms with Crippen LogP contribution in [0, 0.1) is 45.3 Å². The van der Waals surface area contributed by atoms with Gasteiger partial charge in [0.15, 0.2) is 0 Å². The van der Waals surface area contributed by atoms with Gasteiger partial charge in [0, 0.05) is 51.9 Å². The lowest BCUT2D eigenvalue weighted by molar-refractivity contribution is 0.491. The minimum Gasteiger partial charge on any atom is -0.215 e. The van der Waals surface area contributed by atoms with Gasteiger partial charge in [-0.1, -0.05) is 77.6 Å². The van der Waals surface area contributed by atoms with E-state index in [0.29, 0.717) is 116 Å². The molecule has 0 rings (SSSR count). The average Bonchev–Trinajstić information content (AvgIpc) is 3.12. The Bertz CT molecular complexity index is 1540. The molecule has 55 heavy (non-hydrogen) atoms. The molecule has 0 radical (unpaired) electrons. The molecule has 0 aliphatic heterocycles. The van der Waals surface area contributed by atoms with E-state index in [4.69, 9.17) is 21.0 Å². The average molecular weight is 853 g/mol. The van der Waals surface area contributed by atoms with Gasteiger partial charge in [0.1, 0.15) is 5.25 Å². The molecule has 0 aromatic heterocycles. The van der Waals surface area contributed by atoms with Crippen molar-refractivity contribution in [3.05, 3.63) is 0 Å². The molecule has 0 aromatic rings. The molecule has 0 saturated heterocycles. The number of unbranched alkanes of at least 4 members (excludes halogenated alkanes) is 18. The summed E-state index contributed by atoms with van der Waals surface area (Å²) in [6.07, 6.45) is 8.75. The summed E-state index contributed by atoms with van der Waals surface area (Å²) < 4.78 is 122. The van der Waals surface area contributed by atoms with Gasteiger partial charge in [-0.15, -0.1) is 0 Å². The Hall–Kier alpha value is -2.40. The van der Waals surface area contributed by atoms with Gasteiger partial charge in [-0.05, 0) is 57.8 Å². The van der Waals surface area contributed by atoms with Crippen molar-refractivity contribution in [3.63, 3.8) is 0 Å². The lowest BCUT2D eigenvalue weighted by Crippen LogP contribution is -2.71. The summed E-state index contributed by atoms with van der Waals surface area (Å²) in [7, 11) is -21.8. The number of hydrogen-bond donors (Lipinski definition) is 4. The van der Waals surface area contributed by atoms with Crippen molar-refractivity contribution in [2.24, 2.45) is 0 Å². The van der Waals surface area contributed by atoms with Gasteiger partial charge < -0.3 is 0 Å². The van der Waals surface area contributed by atoms with Crippen molar-refractivity contribution in [2.45, 2.75) is 170 Å². The molecular weight excluding hydrogens is 789 g/mol. The van der Waals surface area contributed by atoms with E-state index < -0.39 is 55.2 Å². The molecule has 4 N–H and O–H groups in total. The Kier molecular flexibility index (Phi) is 28.5. The van der Waals surface area contributed by atoms with E-state index in [0.717, 1.165) is 0 Å². The summed E-state index contributed by atoms with van der Waals surface area (Å²) in [6.45, 7) is 0.462. The van der Waals surface area contributed by atoms with Crippen LogP contribution in [0.2, 0.25) is 0 Å². The quantitative estimate of drug-likeness (QED) is 0.0590. The summed E-state index contributed by atoms with van der Waals surface area (Å²) in [5.74, 6) is 0. The predicted octanol–water partition coefficient (Wildman–Crippen LogP) is 5.16. The molecule has 1 atom stereocenters. The minimum atomic E-state index is -5.60. The van der Waals surface area contributed by atoms with Gasteiger partial charge in [0.25, 0.3) is 30.1 Å². The van der Waals surface area contributed by atoms with Crippen molar-refractivity contribution < 1.29 is 33.7 Å². The first kappa shape index (κ1) is 52.6. The highest BCUT2D eigenvalue weighted by molar-refractivity contribution is 8.25. The van der Waals surface area contributed by atoms with Gasteiger partial charge in [-0.3, -0.25) is 0 Å². The Morgan fingerprint density at radius 3 is 1.00 bits per heavy atom. The third-order valence-electron chi connectivity index (χ3n) is 9.00. The molecule has 0 bridgehead atoms. The third-order valence-corrected chi connectivity index (χ3v) is 20.2. The Balaban J connectivity index is 7.30. The van der Waals surface area contributed by atoms with Gasteiger partial charge in [-0.25, -0.2) is 52.6 Å². The first-order valence-corrected chi connectivity index (χ1v) is 25.6. The zero-order chi connectivity index (χ0) is 41.5. The van der Waals surface area contributed by atoms with Crippen molar-refractivity contribution in [2.75, 3.05) is 26.2 Å². The fraction of sp³-hybridized carbons (Fsp3) is 0.886. The van der Waals surface area contributed by atoms with E-state index in [2.05, 4.69) is 18.9 Å². The molecule has 16 nitrogen and oxygen atoms in total. The summed E-state index contributed by atoms with van der Waals surface area (Å²) in [4.78, 5) is 0. The fourth-order valence-corrected chi connectivity index (χ4v) is 17.5. The van der Waals surface area contributed by atoms with Crippen LogP contribution in [0.1, 0.15) is 161 Å². The van der Waals surface area contributed by atoms with Gasteiger partial charge >= 0.3 is 3.41 Å². The van der Waals surface area contributed by atoms with E-state index in [1.165, 1.54) is 0 Å². The number of rotatable bonds is 37. The number of nitrogens with zero attached hydrogens (tertiary/aromatic N) is 4. The van der Waals surface area contributed by atoms with Gasteiger partial charge in [0.2, 0.25) is 10.0 Å². The maximum absolute atomic E-state index is 14.7. The molecule has 0 spiro atoms. The summed E-state index contributed by atoms with van der Waals surface area (Å²) in [5, 5.41) is 32.8. The highest BCUT2D eigenvalue weighted by atomic mass is 32.3. The molecule has 0 aliphatic carbocycles. The van der Waals surface area contributed by atoms with Crippen molar-refractivity contribution in [3.8, 4) is 24.3 Å². The van der Waals surface area contributed by atoms with Crippen LogP contribution in [0.5, 0.6) is 0 Å². The van der Waals surface area contributed by atoms with Gasteiger partial charge in [-0.2, -0.15) is 21.0 Å². The molecule has 0 aliphatic rings.